The molecule has 0 saturated heterocycles. The number of aliphatic hydroxyl groups is 1. The molecule has 2 aromatic carbocycles. The van der Waals surface area contributed by atoms with E-state index >= 15 is 0 Å². The van der Waals surface area contributed by atoms with E-state index < -0.39 is 29.6 Å². The maximum Gasteiger partial charge on any atom is 0.416 e. The van der Waals surface area contributed by atoms with Crippen molar-refractivity contribution in [2.24, 2.45) is 0 Å². The van der Waals surface area contributed by atoms with Gasteiger partial charge in [0.2, 0.25) is 5.95 Å². The normalized spacial score (nSPS) is 12.6. The van der Waals surface area contributed by atoms with Gasteiger partial charge in [-0.15, -0.1) is 5.10 Å². The standard InChI is InChI=1S/C24H21F4N5O2/c1-13-17(6-7-18(25)21(13)15-9-11-33-20(12-15)31-23(29)32-33)22(35)30-10-8-19(34)14-2-4-16(5-3-14)24(26,27)28/h2-7,9,11-12,19,34H,8,10H2,1H3,(H2,29,32)(H,30,35). The average Bonchev–Trinajstić information content (AvgIpc) is 3.18. The number of pyridine rings is 1. The van der Waals surface area contributed by atoms with Gasteiger partial charge in [0.05, 0.1) is 11.7 Å². The van der Waals surface area contributed by atoms with Crippen LogP contribution in [0.3, 0.4) is 0 Å². The topological polar surface area (TPSA) is 106 Å². The second kappa shape index (κ2) is 9.34. The van der Waals surface area contributed by atoms with Gasteiger partial charge in [0.1, 0.15) is 5.82 Å². The molecule has 0 aliphatic heterocycles. The summed E-state index contributed by atoms with van der Waals surface area (Å²) in [5, 5.41) is 16.9. The summed E-state index contributed by atoms with van der Waals surface area (Å²) in [6.07, 6.45) is -3.86. The van der Waals surface area contributed by atoms with E-state index in [1.807, 2.05) is 0 Å². The molecule has 0 aliphatic rings. The van der Waals surface area contributed by atoms with Crippen molar-refractivity contribution in [3.05, 3.63) is 82.8 Å². The number of carbonyl (C=O) groups excluding carboxylic acids is 1. The number of anilines is 1. The van der Waals surface area contributed by atoms with Crippen molar-refractivity contribution < 1.29 is 27.5 Å². The van der Waals surface area contributed by atoms with E-state index in [4.69, 9.17) is 5.73 Å². The summed E-state index contributed by atoms with van der Waals surface area (Å²) < 4.78 is 54.3. The molecule has 0 spiro atoms. The summed E-state index contributed by atoms with van der Waals surface area (Å²) in [6, 6.07) is 9.99. The fourth-order valence-electron chi connectivity index (χ4n) is 3.81. The number of nitrogen functional groups attached to an aromatic ring is 1. The van der Waals surface area contributed by atoms with Crippen LogP contribution in [0.5, 0.6) is 0 Å². The maximum absolute atomic E-state index is 14.7. The van der Waals surface area contributed by atoms with Crippen molar-refractivity contribution in [1.29, 1.82) is 0 Å². The molecule has 2 heterocycles. The number of nitrogens with zero attached hydrogens (tertiary/aromatic N) is 3. The lowest BCUT2D eigenvalue weighted by molar-refractivity contribution is -0.137. The minimum atomic E-state index is -4.46. The van der Waals surface area contributed by atoms with Gasteiger partial charge in [-0.25, -0.2) is 8.91 Å². The van der Waals surface area contributed by atoms with Gasteiger partial charge < -0.3 is 16.2 Å². The number of halogens is 4. The number of rotatable bonds is 6. The molecule has 4 N–H and O–H groups in total. The fraction of sp³-hybridized carbons (Fsp3) is 0.208. The molecule has 4 rings (SSSR count). The summed E-state index contributed by atoms with van der Waals surface area (Å²) in [5.74, 6) is -0.921. The Balaban J connectivity index is 1.46. The average molecular weight is 487 g/mol. The summed E-state index contributed by atoms with van der Waals surface area (Å²) in [4.78, 5) is 16.8. The lowest BCUT2D eigenvalue weighted by Gasteiger charge is -2.15. The molecule has 35 heavy (non-hydrogen) atoms. The van der Waals surface area contributed by atoms with E-state index in [1.165, 1.54) is 28.8 Å². The number of hydrogen-bond acceptors (Lipinski definition) is 5. The predicted octanol–water partition coefficient (Wildman–Crippen LogP) is 4.30. The van der Waals surface area contributed by atoms with Crippen LogP contribution in [0.25, 0.3) is 16.8 Å². The first-order valence-corrected chi connectivity index (χ1v) is 10.6. The SMILES string of the molecule is Cc1c(C(=O)NCCC(O)c2ccc(C(F)(F)F)cc2)ccc(F)c1-c1ccn2nc(N)nc2c1. The highest BCUT2D eigenvalue weighted by atomic mass is 19.4. The Morgan fingerprint density at radius 1 is 1.17 bits per heavy atom. The number of aliphatic hydroxyl groups excluding tert-OH is 1. The van der Waals surface area contributed by atoms with Crippen molar-refractivity contribution in [1.82, 2.24) is 19.9 Å². The zero-order valence-corrected chi connectivity index (χ0v) is 18.5. The third-order valence-corrected chi connectivity index (χ3v) is 5.63. The molecule has 0 aliphatic carbocycles. The molecule has 7 nitrogen and oxygen atoms in total. The highest BCUT2D eigenvalue weighted by Gasteiger charge is 2.30. The van der Waals surface area contributed by atoms with Crippen molar-refractivity contribution >= 4 is 17.5 Å². The minimum Gasteiger partial charge on any atom is -0.388 e. The number of hydrogen-bond donors (Lipinski definition) is 3. The van der Waals surface area contributed by atoms with Crippen molar-refractivity contribution in [3.8, 4) is 11.1 Å². The Morgan fingerprint density at radius 3 is 2.57 bits per heavy atom. The van der Waals surface area contributed by atoms with Gasteiger partial charge in [-0.1, -0.05) is 12.1 Å². The first-order chi connectivity index (χ1) is 16.5. The van der Waals surface area contributed by atoms with Crippen molar-refractivity contribution in [3.63, 3.8) is 0 Å². The van der Waals surface area contributed by atoms with E-state index in [0.717, 1.165) is 12.1 Å². The van der Waals surface area contributed by atoms with Crippen LogP contribution in [0.15, 0.2) is 54.7 Å². The zero-order chi connectivity index (χ0) is 25.3. The van der Waals surface area contributed by atoms with Crippen molar-refractivity contribution in [2.75, 3.05) is 12.3 Å². The third kappa shape index (κ3) is 5.09. The molecular weight excluding hydrogens is 466 g/mol. The Kier molecular flexibility index (Phi) is 6.44. The number of benzene rings is 2. The smallest absolute Gasteiger partial charge is 0.388 e. The minimum absolute atomic E-state index is 0.0537. The molecule has 0 saturated carbocycles. The largest absolute Gasteiger partial charge is 0.416 e. The molecule has 0 bridgehead atoms. The first-order valence-electron chi connectivity index (χ1n) is 10.6. The fourth-order valence-corrected chi connectivity index (χ4v) is 3.81. The Hall–Kier alpha value is -3.99. The number of nitrogens with one attached hydrogen (secondary N) is 1. The molecule has 11 heteroatoms. The maximum atomic E-state index is 14.7. The van der Waals surface area contributed by atoms with Gasteiger partial charge in [-0.2, -0.15) is 18.2 Å². The van der Waals surface area contributed by atoms with Gasteiger partial charge in [0.15, 0.2) is 5.65 Å². The highest BCUT2D eigenvalue weighted by molar-refractivity contribution is 5.97. The lowest BCUT2D eigenvalue weighted by atomic mass is 9.96. The number of alkyl halides is 3. The monoisotopic (exact) mass is 487 g/mol. The summed E-state index contributed by atoms with van der Waals surface area (Å²) in [5.41, 5.74) is 6.88. The molecule has 1 unspecified atom stereocenters. The molecule has 0 radical (unpaired) electrons. The number of aromatic nitrogens is 3. The summed E-state index contributed by atoms with van der Waals surface area (Å²) >= 11 is 0. The van der Waals surface area contributed by atoms with Gasteiger partial charge in [0, 0.05) is 23.9 Å². The second-order valence-electron chi connectivity index (χ2n) is 7.96. The van der Waals surface area contributed by atoms with Gasteiger partial charge in [-0.3, -0.25) is 4.79 Å². The number of amides is 1. The predicted molar refractivity (Wildman–Crippen MR) is 121 cm³/mol. The van der Waals surface area contributed by atoms with Gasteiger partial charge in [0.25, 0.3) is 5.91 Å². The van der Waals surface area contributed by atoms with E-state index in [0.29, 0.717) is 22.3 Å². The van der Waals surface area contributed by atoms with E-state index in [1.54, 1.807) is 25.3 Å². The van der Waals surface area contributed by atoms with Gasteiger partial charge in [-0.05, 0) is 66.4 Å². The Bertz CT molecular complexity index is 1380. The first kappa shape index (κ1) is 24.1. The van der Waals surface area contributed by atoms with Crippen LogP contribution >= 0.6 is 0 Å². The number of fused-ring (bicyclic) bond motifs is 1. The Labute approximate surface area is 197 Å². The van der Waals surface area contributed by atoms with E-state index in [9.17, 15) is 27.5 Å². The molecule has 2 aromatic heterocycles. The third-order valence-electron chi connectivity index (χ3n) is 5.63. The highest BCUT2D eigenvalue weighted by Crippen LogP contribution is 2.31. The van der Waals surface area contributed by atoms with E-state index in [2.05, 4.69) is 15.4 Å². The van der Waals surface area contributed by atoms with Crippen LogP contribution < -0.4 is 11.1 Å². The molecule has 1 amide bonds. The quantitative estimate of drug-likeness (QED) is 0.352. The van der Waals surface area contributed by atoms with Crippen LogP contribution in [0.4, 0.5) is 23.5 Å². The molecule has 4 aromatic rings. The van der Waals surface area contributed by atoms with Crippen LogP contribution in [-0.2, 0) is 6.18 Å². The lowest BCUT2D eigenvalue weighted by Crippen LogP contribution is -2.26. The Morgan fingerprint density at radius 2 is 1.89 bits per heavy atom. The molecular formula is C24H21F4N5O2. The number of nitrogens with two attached hydrogens (primary N) is 1. The van der Waals surface area contributed by atoms with Crippen LogP contribution in [0.1, 0.15) is 39.6 Å². The number of carbonyl (C=O) groups is 1. The molecule has 1 atom stereocenters. The summed E-state index contributed by atoms with van der Waals surface area (Å²) in [6.45, 7) is 1.67. The van der Waals surface area contributed by atoms with Crippen LogP contribution in [0, 0.1) is 12.7 Å². The van der Waals surface area contributed by atoms with Crippen molar-refractivity contribution in [2.45, 2.75) is 25.6 Å². The summed E-state index contributed by atoms with van der Waals surface area (Å²) in [7, 11) is 0. The van der Waals surface area contributed by atoms with E-state index in [-0.39, 0.29) is 30.0 Å². The van der Waals surface area contributed by atoms with Crippen LogP contribution in [0.2, 0.25) is 0 Å². The van der Waals surface area contributed by atoms with Crippen LogP contribution in [-0.4, -0.2) is 32.2 Å². The second-order valence-corrected chi connectivity index (χ2v) is 7.96. The molecule has 0 fully saturated rings. The van der Waals surface area contributed by atoms with Gasteiger partial charge >= 0.3 is 6.18 Å². The zero-order valence-electron chi connectivity index (χ0n) is 18.5. The molecule has 182 valence electrons.